The third-order valence-corrected chi connectivity index (χ3v) is 1.53. The van der Waals surface area contributed by atoms with Crippen LogP contribution in [0.15, 0.2) is 0 Å². The van der Waals surface area contributed by atoms with Gasteiger partial charge in [-0.25, -0.2) is 0 Å². The molecule has 3 atom stereocenters. The molecule has 0 aromatic carbocycles. The van der Waals surface area contributed by atoms with Gasteiger partial charge in [0.25, 0.3) is 0 Å². The van der Waals surface area contributed by atoms with E-state index >= 15 is 0 Å². The van der Waals surface area contributed by atoms with Crippen molar-refractivity contribution in [3.63, 3.8) is 0 Å². The van der Waals surface area contributed by atoms with Crippen molar-refractivity contribution in [1.29, 1.82) is 5.26 Å². The van der Waals surface area contributed by atoms with Crippen molar-refractivity contribution in [3.05, 3.63) is 12.3 Å². The average Bonchev–Trinajstić information content (AvgIpc) is 2.06. The van der Waals surface area contributed by atoms with Gasteiger partial charge in [0.15, 0.2) is 0 Å². The first-order chi connectivity index (χ1) is 6.15. The number of rotatable bonds is 0. The molecule has 0 bridgehead atoms. The summed E-state index contributed by atoms with van der Waals surface area (Å²) >= 11 is -0.472. The number of nitrogens with zero attached hydrogens (tertiary/aromatic N) is 1. The van der Waals surface area contributed by atoms with Gasteiger partial charge in [-0.15, -0.1) is 0 Å². The summed E-state index contributed by atoms with van der Waals surface area (Å²) in [6.07, 6.45) is -0.583. The standard InChI is InChI=1S/C5H11N5.2ClH.2H2N.Pt/c6-1-3-2-9-5(8)10-4(3)7;;;;;/h3-5,9-10H,2,7-8H2;2*1H;2*1H2;/q;;;2*-1;+4/p-2. The van der Waals surface area contributed by atoms with E-state index in [2.05, 4.69) is 16.7 Å². The Bertz CT molecular complexity index is 177. The van der Waals surface area contributed by atoms with Crippen molar-refractivity contribution in [2.75, 3.05) is 6.54 Å². The minimum absolute atomic E-state index is 0. The maximum atomic E-state index is 8.50. The SMILES string of the molecule is N#CC1CNC(N)NC1N.[Cl][Pt+2][Cl].[NH2-].[NH2-]. The average molecular weight is 439 g/mol. The summed E-state index contributed by atoms with van der Waals surface area (Å²) in [7, 11) is 9.75. The Kier molecular flexibility index (Phi) is 17.5. The molecule has 3 unspecified atom stereocenters. The van der Waals surface area contributed by atoms with Gasteiger partial charge in [-0.05, 0) is 0 Å². The fourth-order valence-corrected chi connectivity index (χ4v) is 0.889. The molecular formula is C5H15Cl2N7Pt. The van der Waals surface area contributed by atoms with Crippen LogP contribution < -0.4 is 22.1 Å². The van der Waals surface area contributed by atoms with Gasteiger partial charge < -0.3 is 23.8 Å². The summed E-state index contributed by atoms with van der Waals surface area (Å²) in [6.45, 7) is 0.561. The Morgan fingerprint density at radius 2 is 1.80 bits per heavy atom. The first-order valence-corrected chi connectivity index (χ1v) is 9.01. The van der Waals surface area contributed by atoms with Crippen LogP contribution >= 0.6 is 18.8 Å². The zero-order chi connectivity index (χ0) is 10.3. The summed E-state index contributed by atoms with van der Waals surface area (Å²) in [5.41, 5.74) is 11.0. The minimum atomic E-state index is -0.472. The van der Waals surface area contributed by atoms with Gasteiger partial charge in [0, 0.05) is 6.54 Å². The predicted molar refractivity (Wildman–Crippen MR) is 58.5 cm³/mol. The molecular weight excluding hydrogens is 424 g/mol. The molecule has 1 saturated heterocycles. The van der Waals surface area contributed by atoms with E-state index in [1.54, 1.807) is 0 Å². The van der Waals surface area contributed by atoms with Crippen LogP contribution in [0, 0.1) is 17.2 Å². The van der Waals surface area contributed by atoms with Crippen LogP contribution in [0.2, 0.25) is 0 Å². The van der Waals surface area contributed by atoms with Crippen LogP contribution in [0.5, 0.6) is 0 Å². The van der Waals surface area contributed by atoms with E-state index in [4.69, 9.17) is 35.6 Å². The van der Waals surface area contributed by atoms with Crippen molar-refractivity contribution in [2.24, 2.45) is 17.4 Å². The second-order valence-electron chi connectivity index (χ2n) is 2.36. The Morgan fingerprint density at radius 1 is 1.33 bits per heavy atom. The van der Waals surface area contributed by atoms with Gasteiger partial charge in [-0.2, -0.15) is 5.26 Å². The van der Waals surface area contributed by atoms with Gasteiger partial charge in [-0.3, -0.25) is 10.6 Å². The second kappa shape index (κ2) is 12.6. The molecule has 0 aromatic heterocycles. The molecule has 0 aliphatic carbocycles. The first kappa shape index (κ1) is 20.9. The normalized spacial score (nSPS) is 28.6. The molecule has 1 heterocycles. The molecule has 94 valence electrons. The van der Waals surface area contributed by atoms with E-state index < -0.39 is 16.5 Å². The fraction of sp³-hybridized carbons (Fsp3) is 0.800. The summed E-state index contributed by atoms with van der Waals surface area (Å²) in [6, 6.07) is 2.07. The van der Waals surface area contributed by atoms with E-state index in [9.17, 15) is 0 Å². The number of nitriles is 1. The number of hydrogen-bond acceptors (Lipinski definition) is 5. The molecule has 0 radical (unpaired) electrons. The van der Waals surface area contributed by atoms with Gasteiger partial charge in [0.2, 0.25) is 0 Å². The first-order valence-electron chi connectivity index (χ1n) is 3.38. The fourth-order valence-electron chi connectivity index (χ4n) is 0.889. The predicted octanol–water partition coefficient (Wildman–Crippen LogP) is 0.657. The number of hydrogen-bond donors (Lipinski definition) is 4. The maximum Gasteiger partial charge on any atom is -0.693 e. The van der Waals surface area contributed by atoms with E-state index in [-0.39, 0.29) is 30.7 Å². The maximum absolute atomic E-state index is 8.50. The molecule has 0 saturated carbocycles. The van der Waals surface area contributed by atoms with Gasteiger partial charge in [0.05, 0.1) is 18.2 Å². The van der Waals surface area contributed by atoms with Crippen molar-refractivity contribution in [1.82, 2.24) is 10.6 Å². The van der Waals surface area contributed by atoms with Crippen molar-refractivity contribution >= 4 is 18.8 Å². The third-order valence-electron chi connectivity index (χ3n) is 1.53. The van der Waals surface area contributed by atoms with E-state index in [1.165, 1.54) is 0 Å². The number of nitrogens with one attached hydrogen (secondary N) is 2. The van der Waals surface area contributed by atoms with E-state index in [0.717, 1.165) is 0 Å². The van der Waals surface area contributed by atoms with Gasteiger partial charge >= 0.3 is 35.3 Å². The molecule has 0 spiro atoms. The molecule has 10 N–H and O–H groups in total. The zero-order valence-electron chi connectivity index (χ0n) is 7.77. The topological polar surface area (TPSA) is 167 Å². The molecule has 1 aliphatic rings. The summed E-state index contributed by atoms with van der Waals surface area (Å²) in [5.74, 6) is -0.181. The molecule has 1 fully saturated rings. The largest absolute Gasteiger partial charge is 0.693 e. The molecule has 7 nitrogen and oxygen atoms in total. The number of halogens is 2. The van der Waals surface area contributed by atoms with Crippen LogP contribution in [0.1, 0.15) is 0 Å². The van der Waals surface area contributed by atoms with Gasteiger partial charge in [0.1, 0.15) is 6.29 Å². The van der Waals surface area contributed by atoms with Crippen LogP contribution in [0.25, 0.3) is 12.3 Å². The van der Waals surface area contributed by atoms with E-state index in [1.807, 2.05) is 0 Å². The molecule has 15 heavy (non-hydrogen) atoms. The molecule has 10 heteroatoms. The Morgan fingerprint density at radius 3 is 2.13 bits per heavy atom. The quantitative estimate of drug-likeness (QED) is 0.434. The molecule has 0 amide bonds. The van der Waals surface area contributed by atoms with E-state index in [0.29, 0.717) is 6.54 Å². The van der Waals surface area contributed by atoms with Crippen LogP contribution in [0.4, 0.5) is 0 Å². The summed E-state index contributed by atoms with van der Waals surface area (Å²) in [5, 5.41) is 14.2. The molecule has 1 aliphatic heterocycles. The van der Waals surface area contributed by atoms with Crippen LogP contribution in [-0.4, -0.2) is 19.0 Å². The monoisotopic (exact) mass is 438 g/mol. The zero-order valence-corrected chi connectivity index (χ0v) is 11.6. The third kappa shape index (κ3) is 9.45. The molecule has 0 aromatic rings. The second-order valence-corrected chi connectivity index (χ2v) is 5.64. The Balaban J connectivity index is -0.000000260. The number of nitrogens with two attached hydrogens (primary N) is 4. The Labute approximate surface area is 106 Å². The smallest absolute Gasteiger partial charge is 0.693 e. The van der Waals surface area contributed by atoms with Crippen molar-refractivity contribution < 1.29 is 16.5 Å². The van der Waals surface area contributed by atoms with Crippen LogP contribution in [0.3, 0.4) is 0 Å². The van der Waals surface area contributed by atoms with Gasteiger partial charge in [-0.1, -0.05) is 0 Å². The summed E-state index contributed by atoms with van der Waals surface area (Å²) in [4.78, 5) is 0. The minimum Gasteiger partial charge on any atom is -0.693 e. The van der Waals surface area contributed by atoms with Crippen molar-refractivity contribution in [3.8, 4) is 6.07 Å². The van der Waals surface area contributed by atoms with Crippen LogP contribution in [-0.2, 0) is 16.5 Å². The summed E-state index contributed by atoms with van der Waals surface area (Å²) < 4.78 is 0. The molecule has 1 rings (SSSR count). The van der Waals surface area contributed by atoms with Crippen molar-refractivity contribution in [2.45, 2.75) is 12.5 Å². The Hall–Kier alpha value is 0.518.